The van der Waals surface area contributed by atoms with Crippen molar-refractivity contribution in [2.24, 2.45) is 0 Å². The molecule has 5 heteroatoms. The minimum atomic E-state index is -0.631. The van der Waals surface area contributed by atoms with Crippen molar-refractivity contribution < 1.29 is 8.78 Å². The Bertz CT molecular complexity index is 584. The van der Waals surface area contributed by atoms with Crippen LogP contribution in [-0.2, 0) is 0 Å². The molecule has 0 spiro atoms. The summed E-state index contributed by atoms with van der Waals surface area (Å²) in [6, 6.07) is 5.17. The highest BCUT2D eigenvalue weighted by molar-refractivity contribution is 5.62. The van der Waals surface area contributed by atoms with E-state index in [1.165, 1.54) is 18.3 Å². The van der Waals surface area contributed by atoms with Crippen LogP contribution in [0.25, 0.3) is 0 Å². The molecule has 3 nitrogen and oxygen atoms in total. The third kappa shape index (κ3) is 2.25. The summed E-state index contributed by atoms with van der Waals surface area (Å²) in [7, 11) is 1.66. The van der Waals surface area contributed by atoms with Crippen molar-refractivity contribution in [3.05, 3.63) is 47.7 Å². The van der Waals surface area contributed by atoms with Gasteiger partial charge in [0.25, 0.3) is 0 Å². The maximum Gasteiger partial charge on any atom is 0.149 e. The van der Waals surface area contributed by atoms with Crippen LogP contribution >= 0.6 is 0 Å². The van der Waals surface area contributed by atoms with Crippen LogP contribution in [0.15, 0.2) is 30.5 Å². The average Bonchev–Trinajstić information content (AvgIpc) is 2.32. The summed E-state index contributed by atoms with van der Waals surface area (Å²) in [5, 5.41) is 0. The summed E-state index contributed by atoms with van der Waals surface area (Å²) in [6.45, 7) is 1.84. The van der Waals surface area contributed by atoms with E-state index < -0.39 is 11.6 Å². The second-order valence-electron chi connectivity index (χ2n) is 4.05. The van der Waals surface area contributed by atoms with Gasteiger partial charge in [-0.15, -0.1) is 0 Å². The van der Waals surface area contributed by atoms with Gasteiger partial charge in [0.05, 0.1) is 17.6 Å². The number of aryl methyl sites for hydroxylation is 1. The maximum atomic E-state index is 13.6. The van der Waals surface area contributed by atoms with E-state index in [2.05, 4.69) is 4.98 Å². The van der Waals surface area contributed by atoms with Crippen molar-refractivity contribution in [2.45, 2.75) is 6.92 Å². The van der Waals surface area contributed by atoms with Crippen LogP contribution in [0.5, 0.6) is 0 Å². The number of rotatable bonds is 2. The van der Waals surface area contributed by atoms with Gasteiger partial charge in [0, 0.05) is 13.1 Å². The highest BCUT2D eigenvalue weighted by Gasteiger charge is 2.12. The summed E-state index contributed by atoms with van der Waals surface area (Å²) in [5.41, 5.74) is 7.36. The second kappa shape index (κ2) is 4.60. The van der Waals surface area contributed by atoms with E-state index in [1.54, 1.807) is 18.0 Å². The fourth-order valence-electron chi connectivity index (χ4n) is 1.61. The predicted octanol–water partition coefficient (Wildman–Crippen LogP) is 3.02. The SMILES string of the molecule is Cc1cc(N(C)c2ccc(F)cc2F)ncc1N. The van der Waals surface area contributed by atoms with Gasteiger partial charge in [-0.05, 0) is 30.7 Å². The molecule has 1 heterocycles. The molecule has 0 bridgehead atoms. The molecule has 0 aliphatic heterocycles. The van der Waals surface area contributed by atoms with Gasteiger partial charge in [-0.2, -0.15) is 0 Å². The van der Waals surface area contributed by atoms with Crippen LogP contribution in [0.1, 0.15) is 5.56 Å². The van der Waals surface area contributed by atoms with Crippen molar-refractivity contribution >= 4 is 17.2 Å². The topological polar surface area (TPSA) is 42.2 Å². The molecule has 1 aromatic carbocycles. The highest BCUT2D eigenvalue weighted by atomic mass is 19.1. The van der Waals surface area contributed by atoms with Gasteiger partial charge in [-0.1, -0.05) is 0 Å². The third-order valence-electron chi connectivity index (χ3n) is 2.75. The maximum absolute atomic E-state index is 13.6. The van der Waals surface area contributed by atoms with Gasteiger partial charge < -0.3 is 10.6 Å². The number of benzene rings is 1. The number of anilines is 3. The van der Waals surface area contributed by atoms with Crippen molar-refractivity contribution in [2.75, 3.05) is 17.7 Å². The van der Waals surface area contributed by atoms with Crippen molar-refractivity contribution in [1.29, 1.82) is 0 Å². The summed E-state index contributed by atoms with van der Waals surface area (Å²) in [6.07, 6.45) is 1.52. The minimum Gasteiger partial charge on any atom is -0.397 e. The molecule has 2 aromatic rings. The molecule has 2 rings (SSSR count). The Morgan fingerprint density at radius 2 is 1.94 bits per heavy atom. The summed E-state index contributed by atoms with van der Waals surface area (Å²) < 4.78 is 26.5. The lowest BCUT2D eigenvalue weighted by molar-refractivity contribution is 0.583. The molecule has 1 aromatic heterocycles. The fourth-order valence-corrected chi connectivity index (χ4v) is 1.61. The largest absolute Gasteiger partial charge is 0.397 e. The standard InChI is InChI=1S/C13H13F2N3/c1-8-5-13(17-7-11(8)16)18(2)12-4-3-9(14)6-10(12)15/h3-7H,16H2,1-2H3. The summed E-state index contributed by atoms with van der Waals surface area (Å²) in [5.74, 6) is -0.688. The van der Waals surface area contributed by atoms with Crippen LogP contribution in [0, 0.1) is 18.6 Å². The Kier molecular flexibility index (Phi) is 3.14. The van der Waals surface area contributed by atoms with Crippen LogP contribution in [0.3, 0.4) is 0 Å². The molecule has 0 saturated heterocycles. The predicted molar refractivity (Wildman–Crippen MR) is 67.8 cm³/mol. The van der Waals surface area contributed by atoms with Gasteiger partial charge in [0.1, 0.15) is 17.5 Å². The quantitative estimate of drug-likeness (QED) is 0.889. The Labute approximate surface area is 104 Å². The monoisotopic (exact) mass is 249 g/mol. The Morgan fingerprint density at radius 3 is 2.56 bits per heavy atom. The number of halogens is 2. The molecular weight excluding hydrogens is 236 g/mol. The lowest BCUT2D eigenvalue weighted by Crippen LogP contribution is -2.13. The molecule has 18 heavy (non-hydrogen) atoms. The van der Waals surface area contributed by atoms with Crippen LogP contribution < -0.4 is 10.6 Å². The molecule has 0 aliphatic rings. The molecule has 0 radical (unpaired) electrons. The number of aromatic nitrogens is 1. The van der Waals surface area contributed by atoms with E-state index in [0.29, 0.717) is 11.5 Å². The number of nitrogen functional groups attached to an aromatic ring is 1. The molecule has 0 fully saturated rings. The van der Waals surface area contributed by atoms with Gasteiger partial charge in [0.15, 0.2) is 0 Å². The molecule has 0 saturated carbocycles. The molecule has 2 N–H and O–H groups in total. The Balaban J connectivity index is 2.41. The van der Waals surface area contributed by atoms with Crippen molar-refractivity contribution in [3.63, 3.8) is 0 Å². The first-order valence-corrected chi connectivity index (χ1v) is 5.40. The van der Waals surface area contributed by atoms with Crippen LogP contribution in [0.4, 0.5) is 26.0 Å². The van der Waals surface area contributed by atoms with Crippen LogP contribution in [0.2, 0.25) is 0 Å². The first kappa shape index (κ1) is 12.3. The highest BCUT2D eigenvalue weighted by Crippen LogP contribution is 2.26. The van der Waals surface area contributed by atoms with Gasteiger partial charge in [-0.3, -0.25) is 0 Å². The number of nitrogens with zero attached hydrogens (tertiary/aromatic N) is 2. The van der Waals surface area contributed by atoms with Gasteiger partial charge in [-0.25, -0.2) is 13.8 Å². The van der Waals surface area contributed by atoms with Gasteiger partial charge in [0.2, 0.25) is 0 Å². The van der Waals surface area contributed by atoms with E-state index >= 15 is 0 Å². The van der Waals surface area contributed by atoms with E-state index in [4.69, 9.17) is 5.73 Å². The Morgan fingerprint density at radius 1 is 1.22 bits per heavy atom. The summed E-state index contributed by atoms with van der Waals surface area (Å²) in [4.78, 5) is 5.66. The van der Waals surface area contributed by atoms with E-state index in [9.17, 15) is 8.78 Å². The molecule has 0 amide bonds. The molecule has 0 unspecified atom stereocenters. The number of nitrogens with two attached hydrogens (primary N) is 1. The zero-order chi connectivity index (χ0) is 13.3. The number of pyridine rings is 1. The molecular formula is C13H13F2N3. The minimum absolute atomic E-state index is 0.257. The van der Waals surface area contributed by atoms with Gasteiger partial charge >= 0.3 is 0 Å². The average molecular weight is 249 g/mol. The first-order valence-electron chi connectivity index (χ1n) is 5.40. The summed E-state index contributed by atoms with van der Waals surface area (Å²) >= 11 is 0. The zero-order valence-electron chi connectivity index (χ0n) is 10.1. The zero-order valence-corrected chi connectivity index (χ0v) is 10.1. The first-order chi connectivity index (χ1) is 8.49. The smallest absolute Gasteiger partial charge is 0.149 e. The van der Waals surface area contributed by atoms with Crippen molar-refractivity contribution in [3.8, 4) is 0 Å². The van der Waals surface area contributed by atoms with Crippen LogP contribution in [-0.4, -0.2) is 12.0 Å². The third-order valence-corrected chi connectivity index (χ3v) is 2.75. The lowest BCUT2D eigenvalue weighted by Gasteiger charge is -2.19. The van der Waals surface area contributed by atoms with E-state index in [-0.39, 0.29) is 5.69 Å². The molecule has 94 valence electrons. The molecule has 0 atom stereocenters. The second-order valence-corrected chi connectivity index (χ2v) is 4.05. The lowest BCUT2D eigenvalue weighted by atomic mass is 10.2. The van der Waals surface area contributed by atoms with Crippen molar-refractivity contribution in [1.82, 2.24) is 4.98 Å². The normalized spacial score (nSPS) is 10.4. The fraction of sp³-hybridized carbons (Fsp3) is 0.154. The van der Waals surface area contributed by atoms with E-state index in [0.717, 1.165) is 11.6 Å². The molecule has 0 aliphatic carbocycles. The van der Waals surface area contributed by atoms with E-state index in [1.807, 2.05) is 6.92 Å². The number of hydrogen-bond acceptors (Lipinski definition) is 3. The Hall–Kier alpha value is -2.17. The number of hydrogen-bond donors (Lipinski definition) is 1.